The van der Waals surface area contributed by atoms with E-state index < -0.39 is 6.04 Å². The number of amides is 2. The Balaban J connectivity index is 1.56. The van der Waals surface area contributed by atoms with Gasteiger partial charge in [-0.3, -0.25) is 9.59 Å². The second kappa shape index (κ2) is 14.5. The van der Waals surface area contributed by atoms with Crippen LogP contribution < -0.4 is 5.32 Å². The van der Waals surface area contributed by atoms with Crippen molar-refractivity contribution in [3.05, 3.63) is 106 Å². The average Bonchev–Trinajstić information content (AvgIpc) is 2.93. The van der Waals surface area contributed by atoms with Gasteiger partial charge >= 0.3 is 0 Å². The molecule has 3 aromatic rings. The molecule has 0 saturated heterocycles. The van der Waals surface area contributed by atoms with E-state index in [0.29, 0.717) is 18.7 Å². The van der Waals surface area contributed by atoms with Crippen molar-refractivity contribution < 1.29 is 9.59 Å². The van der Waals surface area contributed by atoms with Gasteiger partial charge in [0.1, 0.15) is 6.04 Å². The van der Waals surface area contributed by atoms with Gasteiger partial charge in [-0.05, 0) is 54.2 Å². The summed E-state index contributed by atoms with van der Waals surface area (Å²) in [4.78, 5) is 29.5. The maximum Gasteiger partial charge on any atom is 0.243 e. The lowest BCUT2D eigenvalue weighted by Crippen LogP contribution is -2.53. The maximum atomic E-state index is 13.8. The van der Waals surface area contributed by atoms with E-state index in [0.717, 1.165) is 52.6 Å². The van der Waals surface area contributed by atoms with Crippen molar-refractivity contribution in [1.29, 1.82) is 0 Å². The molecule has 0 aromatic heterocycles. The van der Waals surface area contributed by atoms with Crippen LogP contribution in [0.2, 0.25) is 0 Å². The lowest BCUT2D eigenvalue weighted by Gasteiger charge is -2.34. The maximum absolute atomic E-state index is 13.8. The monoisotopic (exact) mass is 592 g/mol. The Hall–Kier alpha value is -2.57. The Bertz CT molecular complexity index is 1180. The molecule has 200 valence electrons. The number of carbonyl (C=O) groups excluding carboxylic acids is 2. The third-order valence-corrected chi connectivity index (χ3v) is 8.75. The Morgan fingerprint density at radius 1 is 0.921 bits per heavy atom. The smallest absolute Gasteiger partial charge is 0.243 e. The Labute approximate surface area is 239 Å². The van der Waals surface area contributed by atoms with E-state index in [1.165, 1.54) is 12.0 Å². The molecule has 1 aliphatic rings. The van der Waals surface area contributed by atoms with E-state index in [-0.39, 0.29) is 17.9 Å². The van der Waals surface area contributed by atoms with Crippen molar-refractivity contribution in [3.63, 3.8) is 0 Å². The fraction of sp³-hybridized carbons (Fsp3) is 0.375. The summed E-state index contributed by atoms with van der Waals surface area (Å²) >= 11 is 5.08. The molecule has 0 unspecified atom stereocenters. The van der Waals surface area contributed by atoms with E-state index in [4.69, 9.17) is 0 Å². The molecule has 38 heavy (non-hydrogen) atoms. The minimum atomic E-state index is -0.570. The number of nitrogens with zero attached hydrogens (tertiary/aromatic N) is 1. The third-order valence-electron chi connectivity index (χ3n) is 7.23. The first kappa shape index (κ1) is 28.4. The lowest BCUT2D eigenvalue weighted by atomic mass is 9.94. The van der Waals surface area contributed by atoms with Crippen LogP contribution in [0.25, 0.3) is 0 Å². The molecule has 0 radical (unpaired) electrons. The van der Waals surface area contributed by atoms with Crippen LogP contribution >= 0.6 is 27.7 Å². The van der Waals surface area contributed by atoms with Crippen LogP contribution in [0.5, 0.6) is 0 Å². The van der Waals surface area contributed by atoms with Gasteiger partial charge in [0.2, 0.25) is 11.8 Å². The molecule has 0 aliphatic heterocycles. The fourth-order valence-corrected chi connectivity index (χ4v) is 6.12. The minimum absolute atomic E-state index is 0.00455. The molecule has 1 aliphatic carbocycles. The zero-order valence-electron chi connectivity index (χ0n) is 22.1. The number of thioether (sulfide) groups is 1. The normalized spacial score (nSPS) is 14.6. The summed E-state index contributed by atoms with van der Waals surface area (Å²) in [5, 5.41) is 3.32. The highest BCUT2D eigenvalue weighted by atomic mass is 79.9. The molecule has 0 spiro atoms. The number of nitrogens with one attached hydrogen (secondary N) is 1. The van der Waals surface area contributed by atoms with Crippen LogP contribution in [0.15, 0.2) is 83.3 Å². The van der Waals surface area contributed by atoms with Gasteiger partial charge in [0.15, 0.2) is 0 Å². The lowest BCUT2D eigenvalue weighted by molar-refractivity contribution is -0.139. The van der Waals surface area contributed by atoms with E-state index >= 15 is 0 Å². The molecule has 6 heteroatoms. The summed E-state index contributed by atoms with van der Waals surface area (Å²) in [5.41, 5.74) is 4.43. The highest BCUT2D eigenvalue weighted by Crippen LogP contribution is 2.22. The summed E-state index contributed by atoms with van der Waals surface area (Å²) in [5.74, 6) is 1.02. The molecule has 1 N–H and O–H groups in total. The first-order chi connectivity index (χ1) is 18.5. The number of aryl methyl sites for hydroxylation is 1. The van der Waals surface area contributed by atoms with Gasteiger partial charge in [-0.15, -0.1) is 11.8 Å². The van der Waals surface area contributed by atoms with Crippen molar-refractivity contribution in [2.75, 3.05) is 5.75 Å². The van der Waals surface area contributed by atoms with Crippen molar-refractivity contribution in [2.45, 2.75) is 69.8 Å². The summed E-state index contributed by atoms with van der Waals surface area (Å²) in [6, 6.07) is 26.0. The predicted molar refractivity (Wildman–Crippen MR) is 161 cm³/mol. The van der Waals surface area contributed by atoms with E-state index in [2.05, 4.69) is 52.4 Å². The molecule has 2 amide bonds. The van der Waals surface area contributed by atoms with Crippen molar-refractivity contribution >= 4 is 39.5 Å². The van der Waals surface area contributed by atoms with Crippen molar-refractivity contribution in [3.8, 4) is 0 Å². The summed E-state index contributed by atoms with van der Waals surface area (Å²) in [7, 11) is 0. The zero-order chi connectivity index (χ0) is 26.7. The van der Waals surface area contributed by atoms with Gasteiger partial charge in [-0.1, -0.05) is 102 Å². The summed E-state index contributed by atoms with van der Waals surface area (Å²) < 4.78 is 1.04. The summed E-state index contributed by atoms with van der Waals surface area (Å²) in [6.45, 7) is 2.48. The molecule has 0 heterocycles. The van der Waals surface area contributed by atoms with E-state index in [9.17, 15) is 9.59 Å². The van der Waals surface area contributed by atoms with Gasteiger partial charge in [0.25, 0.3) is 0 Å². The van der Waals surface area contributed by atoms with Crippen LogP contribution in [-0.4, -0.2) is 34.6 Å². The number of rotatable bonds is 11. The molecule has 4 nitrogen and oxygen atoms in total. The highest BCUT2D eigenvalue weighted by Gasteiger charge is 2.32. The number of hydrogen-bond donors (Lipinski definition) is 1. The number of carbonyl (C=O) groups is 2. The topological polar surface area (TPSA) is 49.4 Å². The number of halogens is 1. The number of hydrogen-bond acceptors (Lipinski definition) is 3. The molecule has 1 saturated carbocycles. The fourth-order valence-electron chi connectivity index (χ4n) is 4.99. The molecule has 0 bridgehead atoms. The second-order valence-corrected chi connectivity index (χ2v) is 12.0. The molecule has 1 atom stereocenters. The molecular weight excluding hydrogens is 556 g/mol. The molecule has 3 aromatic carbocycles. The Morgan fingerprint density at radius 2 is 1.61 bits per heavy atom. The van der Waals surface area contributed by atoms with Crippen LogP contribution in [-0.2, 0) is 28.3 Å². The summed E-state index contributed by atoms with van der Waals surface area (Å²) in [6.07, 6.45) is 6.04. The quantitative estimate of drug-likeness (QED) is 0.259. The molecule has 1 fully saturated rings. The molecule has 4 rings (SSSR count). The van der Waals surface area contributed by atoms with Crippen molar-refractivity contribution in [2.24, 2.45) is 0 Å². The van der Waals surface area contributed by atoms with Gasteiger partial charge in [0.05, 0.1) is 5.75 Å². The van der Waals surface area contributed by atoms with E-state index in [1.807, 2.05) is 59.5 Å². The van der Waals surface area contributed by atoms with Gasteiger partial charge in [-0.2, -0.15) is 0 Å². The highest BCUT2D eigenvalue weighted by molar-refractivity contribution is 9.10. The van der Waals surface area contributed by atoms with Crippen LogP contribution in [0.1, 0.15) is 54.4 Å². The number of benzene rings is 3. The largest absolute Gasteiger partial charge is 0.352 e. The van der Waals surface area contributed by atoms with Crippen LogP contribution in [0.3, 0.4) is 0 Å². The van der Waals surface area contributed by atoms with Gasteiger partial charge in [0, 0.05) is 29.2 Å². The first-order valence-corrected chi connectivity index (χ1v) is 15.4. The van der Waals surface area contributed by atoms with Gasteiger partial charge in [-0.25, -0.2) is 0 Å². The van der Waals surface area contributed by atoms with Crippen molar-refractivity contribution in [1.82, 2.24) is 10.2 Å². The first-order valence-electron chi connectivity index (χ1n) is 13.5. The van der Waals surface area contributed by atoms with Gasteiger partial charge < -0.3 is 10.2 Å². The van der Waals surface area contributed by atoms with E-state index in [1.54, 1.807) is 11.8 Å². The minimum Gasteiger partial charge on any atom is -0.352 e. The molecular formula is C32H37BrN2O2S. The predicted octanol–water partition coefficient (Wildman–Crippen LogP) is 7.08. The average molecular weight is 594 g/mol. The zero-order valence-corrected chi connectivity index (χ0v) is 24.5. The van der Waals surface area contributed by atoms with Crippen LogP contribution in [0.4, 0.5) is 0 Å². The Morgan fingerprint density at radius 3 is 2.32 bits per heavy atom. The SMILES string of the molecule is Cc1ccccc1CN(C(=O)CSCc1ccc(Br)cc1)[C@@H](Cc1ccccc1)C(=O)NC1CCCCC1. The third kappa shape index (κ3) is 8.47. The van der Waals surface area contributed by atoms with Crippen LogP contribution in [0, 0.1) is 6.92 Å². The second-order valence-electron chi connectivity index (χ2n) is 10.1. The Kier molecular flexibility index (Phi) is 10.9. The standard InChI is InChI=1S/C32H37BrN2O2S/c1-24-10-8-9-13-27(24)21-35(31(36)23-38-22-26-16-18-28(33)19-17-26)30(20-25-11-4-2-5-12-25)32(37)34-29-14-6-3-7-15-29/h2,4-5,8-13,16-19,29-30H,3,6-7,14-15,20-23H2,1H3,(H,34,37)/t30-/m0/s1.